The highest BCUT2D eigenvalue weighted by Gasteiger charge is 2.36. The molecule has 0 bridgehead atoms. The predicted octanol–water partition coefficient (Wildman–Crippen LogP) is 2.43. The van der Waals surface area contributed by atoms with Crippen LogP contribution < -0.4 is 5.32 Å². The Labute approximate surface area is 162 Å². The topological polar surface area (TPSA) is 67.2 Å². The third kappa shape index (κ3) is 3.24. The molecule has 0 saturated carbocycles. The largest absolute Gasteiger partial charge is 0.373 e. The van der Waals surface area contributed by atoms with Crippen molar-refractivity contribution in [1.82, 2.24) is 20.0 Å². The monoisotopic (exact) mass is 412 g/mol. The summed E-state index contributed by atoms with van der Waals surface area (Å²) in [6.45, 7) is 1.82. The van der Waals surface area contributed by atoms with Crippen LogP contribution in [0.15, 0.2) is 53.3 Å². The van der Waals surface area contributed by atoms with E-state index in [2.05, 4.69) is 15.3 Å². The number of alkyl halides is 1. The number of rotatable bonds is 4. The van der Waals surface area contributed by atoms with E-state index in [1.807, 2.05) is 6.08 Å². The molecule has 0 radical (unpaired) electrons. The molecule has 1 aromatic carbocycles. The van der Waals surface area contributed by atoms with E-state index in [1.165, 1.54) is 0 Å². The molecule has 0 spiro atoms. The Morgan fingerprint density at radius 2 is 2.15 bits per heavy atom. The molecule has 0 amide bonds. The van der Waals surface area contributed by atoms with Gasteiger partial charge in [0.2, 0.25) is 0 Å². The molecular weight excluding hydrogens is 395 g/mol. The molecule has 1 saturated heterocycles. The van der Waals surface area contributed by atoms with Crippen LogP contribution in [0.25, 0.3) is 5.69 Å². The molecule has 138 valence electrons. The molecule has 2 atom stereocenters. The standard InChI is InChI=1S/C17H18Cl2N4O2S/c18-15-8-12(23-6-1-5-21-23)2-3-16(15)26(24,25)14-4-7-22(11-14)13-9-17(19)20-10-13/h1-3,5-6,8-9,14,17,20H,4,7,10-11H2/t14-,17?/m0/s1. The number of nitrogens with zero attached hydrogens (tertiary/aromatic N) is 3. The zero-order valence-electron chi connectivity index (χ0n) is 13.8. The van der Waals surface area contributed by atoms with E-state index in [9.17, 15) is 8.42 Å². The fourth-order valence-corrected chi connectivity index (χ4v) is 5.87. The van der Waals surface area contributed by atoms with Gasteiger partial charge in [-0.2, -0.15) is 5.10 Å². The summed E-state index contributed by atoms with van der Waals surface area (Å²) in [6.07, 6.45) is 5.94. The Morgan fingerprint density at radius 1 is 1.31 bits per heavy atom. The van der Waals surface area contributed by atoms with Gasteiger partial charge in [-0.3, -0.25) is 5.32 Å². The summed E-state index contributed by atoms with van der Waals surface area (Å²) < 4.78 is 27.8. The zero-order chi connectivity index (χ0) is 18.3. The van der Waals surface area contributed by atoms with Crippen molar-refractivity contribution in [2.45, 2.75) is 22.1 Å². The quantitative estimate of drug-likeness (QED) is 0.616. The molecule has 3 heterocycles. The summed E-state index contributed by atoms with van der Waals surface area (Å²) in [7, 11) is -3.51. The normalized spacial score (nSPS) is 23.5. The first-order valence-corrected chi connectivity index (χ1v) is 10.7. The highest BCUT2D eigenvalue weighted by molar-refractivity contribution is 7.92. The third-order valence-corrected chi connectivity index (χ3v) is 7.73. The molecule has 1 N–H and O–H groups in total. The number of benzene rings is 1. The molecule has 1 unspecified atom stereocenters. The van der Waals surface area contributed by atoms with Crippen molar-refractivity contribution >= 4 is 33.0 Å². The third-order valence-electron chi connectivity index (χ3n) is 4.80. The van der Waals surface area contributed by atoms with Gasteiger partial charge in [0.1, 0.15) is 5.50 Å². The van der Waals surface area contributed by atoms with Crippen molar-refractivity contribution in [3.8, 4) is 5.69 Å². The Bertz CT molecular complexity index is 944. The summed E-state index contributed by atoms with van der Waals surface area (Å²) in [5.74, 6) is 0. The number of halogens is 2. The van der Waals surface area contributed by atoms with Gasteiger partial charge >= 0.3 is 0 Å². The van der Waals surface area contributed by atoms with Crippen LogP contribution in [0.1, 0.15) is 6.42 Å². The SMILES string of the molecule is O=S(=O)(c1ccc(-n2cccn2)cc1Cl)[C@H]1CCN(C2=CC(Cl)NC2)C1. The molecule has 2 aliphatic rings. The van der Waals surface area contributed by atoms with Crippen LogP contribution in [0.3, 0.4) is 0 Å². The first kappa shape index (κ1) is 17.9. The number of hydrogen-bond donors (Lipinski definition) is 1. The number of sulfone groups is 1. The van der Waals surface area contributed by atoms with E-state index in [0.29, 0.717) is 26.1 Å². The van der Waals surface area contributed by atoms with Crippen LogP contribution in [0.2, 0.25) is 5.02 Å². The predicted molar refractivity (Wildman–Crippen MR) is 101 cm³/mol. The lowest BCUT2D eigenvalue weighted by molar-refractivity contribution is 0.419. The van der Waals surface area contributed by atoms with Crippen LogP contribution >= 0.6 is 23.2 Å². The summed E-state index contributed by atoms with van der Waals surface area (Å²) in [4.78, 5) is 2.26. The summed E-state index contributed by atoms with van der Waals surface area (Å²) in [5, 5.41) is 6.99. The van der Waals surface area contributed by atoms with Crippen LogP contribution in [-0.2, 0) is 9.84 Å². The second-order valence-electron chi connectivity index (χ2n) is 6.41. The van der Waals surface area contributed by atoms with E-state index in [-0.39, 0.29) is 15.4 Å². The Hall–Kier alpha value is -1.54. The fourth-order valence-electron chi connectivity index (χ4n) is 3.41. The first-order chi connectivity index (χ1) is 12.4. The number of likely N-dealkylation sites (tertiary alicyclic amines) is 1. The number of hydrogen-bond acceptors (Lipinski definition) is 5. The first-order valence-electron chi connectivity index (χ1n) is 8.32. The molecule has 6 nitrogen and oxygen atoms in total. The van der Waals surface area contributed by atoms with Gasteiger partial charge in [0.15, 0.2) is 9.84 Å². The maximum atomic E-state index is 13.1. The van der Waals surface area contributed by atoms with E-state index >= 15 is 0 Å². The molecule has 0 aliphatic carbocycles. The Balaban J connectivity index is 1.56. The van der Waals surface area contributed by atoms with Gasteiger partial charge < -0.3 is 4.90 Å². The van der Waals surface area contributed by atoms with E-state index in [1.54, 1.807) is 41.3 Å². The lowest BCUT2D eigenvalue weighted by Crippen LogP contribution is -2.28. The van der Waals surface area contributed by atoms with Gasteiger partial charge in [0, 0.05) is 37.7 Å². The van der Waals surface area contributed by atoms with Crippen molar-refractivity contribution < 1.29 is 8.42 Å². The molecular formula is C17H18Cl2N4O2S. The Morgan fingerprint density at radius 3 is 2.81 bits per heavy atom. The van der Waals surface area contributed by atoms with E-state index in [0.717, 1.165) is 11.4 Å². The smallest absolute Gasteiger partial charge is 0.184 e. The van der Waals surface area contributed by atoms with Crippen molar-refractivity contribution in [2.24, 2.45) is 0 Å². The minimum atomic E-state index is -3.51. The average molecular weight is 413 g/mol. The van der Waals surface area contributed by atoms with Gasteiger partial charge in [-0.25, -0.2) is 13.1 Å². The van der Waals surface area contributed by atoms with Crippen LogP contribution in [-0.4, -0.2) is 53.5 Å². The maximum Gasteiger partial charge on any atom is 0.184 e. The lowest BCUT2D eigenvalue weighted by atomic mass is 10.3. The van der Waals surface area contributed by atoms with Gasteiger partial charge in [0.25, 0.3) is 0 Å². The van der Waals surface area contributed by atoms with Crippen LogP contribution in [0.5, 0.6) is 0 Å². The molecule has 1 aromatic heterocycles. The molecule has 1 fully saturated rings. The minimum absolute atomic E-state index is 0.177. The second kappa shape index (κ2) is 6.88. The van der Waals surface area contributed by atoms with E-state index in [4.69, 9.17) is 23.2 Å². The molecule has 26 heavy (non-hydrogen) atoms. The minimum Gasteiger partial charge on any atom is -0.373 e. The molecule has 2 aliphatic heterocycles. The highest BCUT2D eigenvalue weighted by atomic mass is 35.5. The lowest BCUT2D eigenvalue weighted by Gasteiger charge is -2.20. The summed E-state index contributed by atoms with van der Waals surface area (Å²) in [6, 6.07) is 6.72. The van der Waals surface area contributed by atoms with Crippen molar-refractivity contribution in [2.75, 3.05) is 19.6 Å². The second-order valence-corrected chi connectivity index (χ2v) is 9.48. The average Bonchev–Trinajstić information content (AvgIpc) is 3.35. The molecule has 2 aromatic rings. The molecule has 9 heteroatoms. The van der Waals surface area contributed by atoms with Crippen molar-refractivity contribution in [3.63, 3.8) is 0 Å². The van der Waals surface area contributed by atoms with Gasteiger partial charge in [-0.1, -0.05) is 11.6 Å². The zero-order valence-corrected chi connectivity index (χ0v) is 16.2. The van der Waals surface area contributed by atoms with Crippen LogP contribution in [0.4, 0.5) is 0 Å². The van der Waals surface area contributed by atoms with Gasteiger partial charge in [-0.05, 0) is 36.8 Å². The van der Waals surface area contributed by atoms with Gasteiger partial charge in [-0.15, -0.1) is 11.6 Å². The number of nitrogens with one attached hydrogen (secondary N) is 1. The number of aromatic nitrogens is 2. The van der Waals surface area contributed by atoms with Crippen LogP contribution in [0, 0.1) is 0 Å². The van der Waals surface area contributed by atoms with Gasteiger partial charge in [0.05, 0.1) is 20.9 Å². The Kier molecular flexibility index (Phi) is 4.73. The van der Waals surface area contributed by atoms with E-state index < -0.39 is 15.1 Å². The molecule has 4 rings (SSSR count). The highest BCUT2D eigenvalue weighted by Crippen LogP contribution is 2.32. The van der Waals surface area contributed by atoms with Crippen molar-refractivity contribution in [3.05, 3.63) is 53.5 Å². The van der Waals surface area contributed by atoms with Crippen molar-refractivity contribution in [1.29, 1.82) is 0 Å². The fraction of sp³-hybridized carbons (Fsp3) is 0.353. The maximum absolute atomic E-state index is 13.1. The summed E-state index contributed by atoms with van der Waals surface area (Å²) in [5.41, 5.74) is 1.59. The summed E-state index contributed by atoms with van der Waals surface area (Å²) >= 11 is 12.3.